The van der Waals surface area contributed by atoms with Gasteiger partial charge in [0.05, 0.1) is 16.9 Å². The highest BCUT2D eigenvalue weighted by atomic mass is 16.4. The number of hydrogen-bond acceptors (Lipinski definition) is 4. The van der Waals surface area contributed by atoms with Crippen molar-refractivity contribution in [3.63, 3.8) is 0 Å². The maximum absolute atomic E-state index is 11.0. The summed E-state index contributed by atoms with van der Waals surface area (Å²) in [4.78, 5) is 13.3. The Morgan fingerprint density at radius 2 is 1.81 bits per heavy atom. The van der Waals surface area contributed by atoms with Gasteiger partial charge in [-0.2, -0.15) is 5.10 Å². The van der Waals surface area contributed by atoms with Crippen molar-refractivity contribution in [2.45, 2.75) is 19.5 Å². The molecular formula is C20H19N3O3. The Morgan fingerprint density at radius 3 is 2.50 bits per heavy atom. The molecule has 26 heavy (non-hydrogen) atoms. The standard InChI is InChI=1S/C20H19N3O3/c24-19-17-10-11-22(12-14-4-2-1-3-5-14)13-18(17)21-23(19)16-8-6-15(7-9-16)20(25)26/h1-9,24H,10-13H2,(H,25,26). The molecule has 0 atom stereocenters. The van der Waals surface area contributed by atoms with Crippen LogP contribution in [0, 0.1) is 0 Å². The van der Waals surface area contributed by atoms with Crippen molar-refractivity contribution in [3.8, 4) is 11.6 Å². The number of carboxylic acid groups (broad SMARTS) is 1. The highest BCUT2D eigenvalue weighted by molar-refractivity contribution is 5.87. The topological polar surface area (TPSA) is 78.6 Å². The Morgan fingerprint density at radius 1 is 1.08 bits per heavy atom. The van der Waals surface area contributed by atoms with E-state index < -0.39 is 5.97 Å². The van der Waals surface area contributed by atoms with Crippen molar-refractivity contribution >= 4 is 5.97 Å². The molecule has 0 spiro atoms. The van der Waals surface area contributed by atoms with Gasteiger partial charge in [0.1, 0.15) is 0 Å². The van der Waals surface area contributed by atoms with Gasteiger partial charge in [0.25, 0.3) is 0 Å². The predicted octanol–water partition coefficient (Wildman–Crippen LogP) is 2.83. The van der Waals surface area contributed by atoms with Crippen LogP contribution in [0.25, 0.3) is 5.69 Å². The Bertz CT molecular complexity index is 933. The summed E-state index contributed by atoms with van der Waals surface area (Å²) in [6.45, 7) is 2.39. The zero-order chi connectivity index (χ0) is 18.1. The van der Waals surface area contributed by atoms with E-state index in [4.69, 9.17) is 5.11 Å². The molecule has 6 heteroatoms. The molecule has 6 nitrogen and oxygen atoms in total. The number of fused-ring (bicyclic) bond motifs is 1. The second-order valence-corrected chi connectivity index (χ2v) is 6.46. The van der Waals surface area contributed by atoms with Gasteiger partial charge in [-0.3, -0.25) is 4.90 Å². The average Bonchev–Trinajstić information content (AvgIpc) is 2.99. The first-order valence-electron chi connectivity index (χ1n) is 8.51. The first-order valence-corrected chi connectivity index (χ1v) is 8.51. The lowest BCUT2D eigenvalue weighted by atomic mass is 10.1. The van der Waals surface area contributed by atoms with Crippen molar-refractivity contribution in [1.82, 2.24) is 14.7 Å². The van der Waals surface area contributed by atoms with Gasteiger partial charge in [-0.05, 0) is 36.2 Å². The van der Waals surface area contributed by atoms with Crippen LogP contribution in [-0.2, 0) is 19.5 Å². The molecule has 0 saturated carbocycles. The molecule has 1 aliphatic rings. The van der Waals surface area contributed by atoms with Crippen LogP contribution in [0.4, 0.5) is 0 Å². The van der Waals surface area contributed by atoms with Gasteiger partial charge in [-0.25, -0.2) is 9.48 Å². The summed E-state index contributed by atoms with van der Waals surface area (Å²) in [5.41, 5.74) is 3.85. The SMILES string of the molecule is O=C(O)c1ccc(-n2nc3c(c2O)CCN(Cc2ccccc2)C3)cc1. The van der Waals surface area contributed by atoms with E-state index in [1.165, 1.54) is 22.4 Å². The number of aromatic nitrogens is 2. The number of benzene rings is 2. The van der Waals surface area contributed by atoms with E-state index in [1.54, 1.807) is 12.1 Å². The summed E-state index contributed by atoms with van der Waals surface area (Å²) in [5, 5.41) is 24.1. The molecule has 3 aromatic rings. The third-order valence-corrected chi connectivity index (χ3v) is 4.70. The molecule has 4 rings (SSSR count). The Labute approximate surface area is 150 Å². The number of rotatable bonds is 4. The van der Waals surface area contributed by atoms with Gasteiger partial charge in [-0.15, -0.1) is 0 Å². The molecule has 2 N–H and O–H groups in total. The molecule has 0 amide bonds. The van der Waals surface area contributed by atoms with Crippen LogP contribution in [0.5, 0.6) is 5.88 Å². The van der Waals surface area contributed by atoms with Crippen LogP contribution in [0.2, 0.25) is 0 Å². The molecule has 0 unspecified atom stereocenters. The fourth-order valence-corrected chi connectivity index (χ4v) is 3.33. The molecule has 0 bridgehead atoms. The van der Waals surface area contributed by atoms with Gasteiger partial charge in [0.2, 0.25) is 5.88 Å². The number of carboxylic acids is 1. The summed E-state index contributed by atoms with van der Waals surface area (Å²) in [5.74, 6) is -0.834. The molecule has 2 heterocycles. The van der Waals surface area contributed by atoms with E-state index in [9.17, 15) is 9.90 Å². The molecule has 132 valence electrons. The van der Waals surface area contributed by atoms with Crippen molar-refractivity contribution in [3.05, 3.63) is 77.0 Å². The summed E-state index contributed by atoms with van der Waals surface area (Å²) in [7, 11) is 0. The van der Waals surface area contributed by atoms with Gasteiger partial charge < -0.3 is 10.2 Å². The molecule has 0 saturated heterocycles. The normalized spacial score (nSPS) is 14.2. The first kappa shape index (κ1) is 16.4. The number of carbonyl (C=O) groups is 1. The maximum atomic E-state index is 11.0. The third kappa shape index (κ3) is 3.07. The van der Waals surface area contributed by atoms with Crippen LogP contribution in [0.15, 0.2) is 54.6 Å². The van der Waals surface area contributed by atoms with Crippen molar-refractivity contribution in [2.75, 3.05) is 6.54 Å². The number of aromatic carboxylic acids is 1. The average molecular weight is 349 g/mol. The van der Waals surface area contributed by atoms with E-state index in [2.05, 4.69) is 22.1 Å². The number of hydrogen-bond donors (Lipinski definition) is 2. The van der Waals surface area contributed by atoms with Crippen LogP contribution in [-0.4, -0.2) is 37.4 Å². The lowest BCUT2D eigenvalue weighted by Crippen LogP contribution is -2.29. The summed E-state index contributed by atoms with van der Waals surface area (Å²) in [6, 6.07) is 16.6. The second-order valence-electron chi connectivity index (χ2n) is 6.46. The largest absolute Gasteiger partial charge is 0.493 e. The Hall–Kier alpha value is -3.12. The van der Waals surface area contributed by atoms with Crippen molar-refractivity contribution < 1.29 is 15.0 Å². The van der Waals surface area contributed by atoms with Crippen molar-refractivity contribution in [2.24, 2.45) is 0 Å². The minimum atomic E-state index is -0.975. The Balaban J connectivity index is 1.57. The highest BCUT2D eigenvalue weighted by Gasteiger charge is 2.25. The van der Waals surface area contributed by atoms with Gasteiger partial charge in [0.15, 0.2) is 0 Å². The molecule has 1 aliphatic heterocycles. The quantitative estimate of drug-likeness (QED) is 0.757. The Kier molecular flexibility index (Phi) is 4.18. The summed E-state index contributed by atoms with van der Waals surface area (Å²) < 4.78 is 1.49. The molecule has 0 aliphatic carbocycles. The van der Waals surface area contributed by atoms with Gasteiger partial charge in [-0.1, -0.05) is 30.3 Å². The van der Waals surface area contributed by atoms with Crippen LogP contribution in [0.3, 0.4) is 0 Å². The van der Waals surface area contributed by atoms with Gasteiger partial charge in [0, 0.05) is 25.2 Å². The van der Waals surface area contributed by atoms with Crippen LogP contribution < -0.4 is 0 Å². The van der Waals surface area contributed by atoms with Gasteiger partial charge >= 0.3 is 5.97 Å². The number of aromatic hydroxyl groups is 1. The third-order valence-electron chi connectivity index (χ3n) is 4.70. The number of nitrogens with zero attached hydrogens (tertiary/aromatic N) is 3. The molecule has 1 aromatic heterocycles. The van der Waals surface area contributed by atoms with E-state index in [0.717, 1.165) is 30.8 Å². The fraction of sp³-hybridized carbons (Fsp3) is 0.200. The zero-order valence-corrected chi connectivity index (χ0v) is 14.2. The summed E-state index contributed by atoms with van der Waals surface area (Å²) in [6.07, 6.45) is 0.737. The fourth-order valence-electron chi connectivity index (χ4n) is 3.33. The lowest BCUT2D eigenvalue weighted by molar-refractivity contribution is 0.0697. The minimum absolute atomic E-state index is 0.141. The molecule has 0 radical (unpaired) electrons. The van der Waals surface area contributed by atoms with Crippen LogP contribution in [0.1, 0.15) is 27.2 Å². The lowest BCUT2D eigenvalue weighted by Gasteiger charge is -2.25. The minimum Gasteiger partial charge on any atom is -0.493 e. The predicted molar refractivity (Wildman–Crippen MR) is 96.4 cm³/mol. The second kappa shape index (κ2) is 6.65. The van der Waals surface area contributed by atoms with E-state index in [-0.39, 0.29) is 11.4 Å². The monoisotopic (exact) mass is 349 g/mol. The van der Waals surface area contributed by atoms with E-state index >= 15 is 0 Å². The maximum Gasteiger partial charge on any atom is 0.335 e. The first-order chi connectivity index (χ1) is 12.6. The zero-order valence-electron chi connectivity index (χ0n) is 14.2. The van der Waals surface area contributed by atoms with Crippen LogP contribution >= 0.6 is 0 Å². The highest BCUT2D eigenvalue weighted by Crippen LogP contribution is 2.30. The van der Waals surface area contributed by atoms with E-state index in [1.807, 2.05) is 18.2 Å². The summed E-state index contributed by atoms with van der Waals surface area (Å²) >= 11 is 0. The molecular weight excluding hydrogens is 330 g/mol. The molecule has 2 aromatic carbocycles. The van der Waals surface area contributed by atoms with Crippen molar-refractivity contribution in [1.29, 1.82) is 0 Å². The smallest absolute Gasteiger partial charge is 0.335 e. The van der Waals surface area contributed by atoms with E-state index in [0.29, 0.717) is 12.2 Å². The molecule has 0 fully saturated rings.